The smallest absolute Gasteiger partial charge is 0.227 e. The molecule has 1 saturated carbocycles. The minimum Gasteiger partial charge on any atom is -0.345 e. The lowest BCUT2D eigenvalue weighted by atomic mass is 9.81. The fourth-order valence-corrected chi connectivity index (χ4v) is 3.68. The van der Waals surface area contributed by atoms with Crippen LogP contribution in [0, 0.1) is 17.7 Å². The molecular weight excluding hydrogens is 357 g/mol. The Morgan fingerprint density at radius 1 is 1.11 bits per heavy atom. The number of halogens is 1. The van der Waals surface area contributed by atoms with E-state index in [1.54, 1.807) is 29.4 Å². The average Bonchev–Trinajstić information content (AvgIpc) is 2.72. The van der Waals surface area contributed by atoms with Gasteiger partial charge >= 0.3 is 0 Å². The quantitative estimate of drug-likeness (QED) is 0.828. The van der Waals surface area contributed by atoms with Crippen LogP contribution in [0.1, 0.15) is 31.2 Å². The molecule has 1 fully saturated rings. The molecule has 0 bridgehead atoms. The molecule has 1 aliphatic carbocycles. The molecule has 1 aliphatic rings. The van der Waals surface area contributed by atoms with Gasteiger partial charge in [0.1, 0.15) is 5.82 Å². The molecule has 148 valence electrons. The molecule has 0 radical (unpaired) electrons. The zero-order chi connectivity index (χ0) is 19.9. The predicted molar refractivity (Wildman–Crippen MR) is 106 cm³/mol. The molecule has 0 atom stereocenters. The summed E-state index contributed by atoms with van der Waals surface area (Å²) >= 11 is 0. The minimum absolute atomic E-state index is 0.0272. The Balaban J connectivity index is 1.44. The lowest BCUT2D eigenvalue weighted by Gasteiger charge is -2.30. The van der Waals surface area contributed by atoms with E-state index < -0.39 is 0 Å². The van der Waals surface area contributed by atoms with Gasteiger partial charge in [-0.05, 0) is 68.0 Å². The van der Waals surface area contributed by atoms with Crippen LogP contribution in [0.3, 0.4) is 0 Å². The summed E-state index contributed by atoms with van der Waals surface area (Å²) in [5.41, 5.74) is 1.63. The Morgan fingerprint density at radius 2 is 1.79 bits per heavy atom. The van der Waals surface area contributed by atoms with Gasteiger partial charge in [-0.2, -0.15) is 0 Å². The van der Waals surface area contributed by atoms with Crippen LogP contribution >= 0.6 is 0 Å². The van der Waals surface area contributed by atoms with Gasteiger partial charge in [0.25, 0.3) is 0 Å². The summed E-state index contributed by atoms with van der Waals surface area (Å²) in [6, 6.07) is 9.82. The largest absolute Gasteiger partial charge is 0.345 e. The Bertz CT molecular complexity index is 804. The maximum atomic E-state index is 13.3. The highest BCUT2D eigenvalue weighted by Crippen LogP contribution is 2.31. The highest BCUT2D eigenvalue weighted by atomic mass is 19.1. The van der Waals surface area contributed by atoms with E-state index in [1.165, 1.54) is 12.1 Å². The number of nitrogens with one attached hydrogen (secondary N) is 1. The van der Waals surface area contributed by atoms with E-state index in [2.05, 4.69) is 10.3 Å². The fourth-order valence-electron chi connectivity index (χ4n) is 3.68. The molecule has 5 nitrogen and oxygen atoms in total. The molecule has 1 heterocycles. The number of amides is 2. The van der Waals surface area contributed by atoms with Gasteiger partial charge in [-0.3, -0.25) is 14.6 Å². The van der Waals surface area contributed by atoms with E-state index >= 15 is 0 Å². The van der Waals surface area contributed by atoms with Crippen LogP contribution in [0.25, 0.3) is 0 Å². The summed E-state index contributed by atoms with van der Waals surface area (Å²) in [5, 5.41) is 2.78. The summed E-state index contributed by atoms with van der Waals surface area (Å²) in [6.07, 6.45) is 7.08. The number of rotatable bonds is 6. The molecule has 3 rings (SSSR count). The van der Waals surface area contributed by atoms with Gasteiger partial charge in [-0.25, -0.2) is 4.39 Å². The lowest BCUT2D eigenvalue weighted by molar-refractivity contribution is -0.136. The molecule has 2 aromatic rings. The van der Waals surface area contributed by atoms with Gasteiger partial charge in [0, 0.05) is 43.5 Å². The first-order valence-electron chi connectivity index (χ1n) is 9.73. The van der Waals surface area contributed by atoms with E-state index in [4.69, 9.17) is 0 Å². The van der Waals surface area contributed by atoms with Crippen LogP contribution < -0.4 is 5.32 Å². The third-order valence-electron chi connectivity index (χ3n) is 5.40. The normalized spacial score (nSPS) is 19.1. The molecule has 1 N–H and O–H groups in total. The predicted octanol–water partition coefficient (Wildman–Crippen LogP) is 3.67. The van der Waals surface area contributed by atoms with E-state index in [0.29, 0.717) is 37.9 Å². The van der Waals surface area contributed by atoms with Crippen molar-refractivity contribution in [1.29, 1.82) is 0 Å². The standard InChI is InChI=1S/C22H26FN3O2/c1-26(14-11-16-9-12-24-13-10-16)22(28)18-7-5-17(6-8-18)21(27)25-20-4-2-3-19(23)15-20/h2-4,9-10,12-13,15,17-18H,5-8,11,14H2,1H3,(H,25,27). The van der Waals surface area contributed by atoms with Gasteiger partial charge in [0.05, 0.1) is 0 Å². The lowest BCUT2D eigenvalue weighted by Crippen LogP contribution is -2.37. The molecule has 2 amide bonds. The number of hydrogen-bond acceptors (Lipinski definition) is 3. The van der Waals surface area contributed by atoms with Crippen molar-refractivity contribution in [3.63, 3.8) is 0 Å². The molecule has 1 aromatic heterocycles. The van der Waals surface area contributed by atoms with E-state index in [1.807, 2.05) is 19.2 Å². The Hall–Kier alpha value is -2.76. The summed E-state index contributed by atoms with van der Waals surface area (Å²) < 4.78 is 13.3. The van der Waals surface area contributed by atoms with Crippen molar-refractivity contribution in [2.75, 3.05) is 18.9 Å². The van der Waals surface area contributed by atoms with Crippen LogP contribution in [-0.2, 0) is 16.0 Å². The number of aromatic nitrogens is 1. The van der Waals surface area contributed by atoms with Crippen molar-refractivity contribution in [2.45, 2.75) is 32.1 Å². The Labute approximate surface area is 165 Å². The number of benzene rings is 1. The minimum atomic E-state index is -0.373. The zero-order valence-electron chi connectivity index (χ0n) is 16.1. The van der Waals surface area contributed by atoms with Crippen molar-refractivity contribution >= 4 is 17.5 Å². The van der Waals surface area contributed by atoms with Crippen molar-refractivity contribution in [1.82, 2.24) is 9.88 Å². The van der Waals surface area contributed by atoms with Crippen LogP contribution in [-0.4, -0.2) is 35.3 Å². The van der Waals surface area contributed by atoms with E-state index in [9.17, 15) is 14.0 Å². The molecular formula is C22H26FN3O2. The number of likely N-dealkylation sites (N-methyl/N-ethyl adjacent to an activating group) is 1. The Kier molecular flexibility index (Phi) is 6.74. The van der Waals surface area contributed by atoms with Gasteiger partial charge in [-0.15, -0.1) is 0 Å². The average molecular weight is 383 g/mol. The monoisotopic (exact) mass is 383 g/mol. The summed E-state index contributed by atoms with van der Waals surface area (Å²) in [4.78, 5) is 30.9. The first-order chi connectivity index (χ1) is 13.5. The number of carbonyl (C=O) groups is 2. The third-order valence-corrected chi connectivity index (χ3v) is 5.40. The van der Waals surface area contributed by atoms with Gasteiger partial charge in [0.15, 0.2) is 0 Å². The first kappa shape index (κ1) is 20.0. The van der Waals surface area contributed by atoms with Gasteiger partial charge in [-0.1, -0.05) is 6.07 Å². The van der Waals surface area contributed by atoms with Crippen LogP contribution in [0.2, 0.25) is 0 Å². The third kappa shape index (κ3) is 5.38. The molecule has 0 unspecified atom stereocenters. The molecule has 0 aliphatic heterocycles. The second kappa shape index (κ2) is 9.44. The molecule has 28 heavy (non-hydrogen) atoms. The molecule has 0 saturated heterocycles. The molecule has 1 aromatic carbocycles. The summed E-state index contributed by atoms with van der Waals surface area (Å²) in [6.45, 7) is 0.669. The number of carbonyl (C=O) groups excluding carboxylic acids is 2. The van der Waals surface area contributed by atoms with Gasteiger partial charge < -0.3 is 10.2 Å². The van der Waals surface area contributed by atoms with Crippen molar-refractivity contribution in [2.24, 2.45) is 11.8 Å². The molecule has 0 spiro atoms. The van der Waals surface area contributed by atoms with Crippen LogP contribution in [0.15, 0.2) is 48.8 Å². The Morgan fingerprint density at radius 3 is 2.46 bits per heavy atom. The zero-order valence-corrected chi connectivity index (χ0v) is 16.1. The highest BCUT2D eigenvalue weighted by molar-refractivity contribution is 5.92. The van der Waals surface area contributed by atoms with Gasteiger partial charge in [0.2, 0.25) is 11.8 Å². The summed E-state index contributed by atoms with van der Waals surface area (Å²) in [5.74, 6) is -0.474. The second-order valence-electron chi connectivity index (χ2n) is 7.41. The molecule has 6 heteroatoms. The van der Waals surface area contributed by atoms with Crippen molar-refractivity contribution < 1.29 is 14.0 Å². The summed E-state index contributed by atoms with van der Waals surface area (Å²) in [7, 11) is 1.84. The maximum Gasteiger partial charge on any atom is 0.227 e. The second-order valence-corrected chi connectivity index (χ2v) is 7.41. The topological polar surface area (TPSA) is 62.3 Å². The number of anilines is 1. The first-order valence-corrected chi connectivity index (χ1v) is 9.73. The van der Waals surface area contributed by atoms with Crippen molar-refractivity contribution in [3.05, 3.63) is 60.2 Å². The number of hydrogen-bond donors (Lipinski definition) is 1. The van der Waals surface area contributed by atoms with Crippen LogP contribution in [0.4, 0.5) is 10.1 Å². The fraction of sp³-hybridized carbons (Fsp3) is 0.409. The number of pyridine rings is 1. The van der Waals surface area contributed by atoms with Crippen LogP contribution in [0.5, 0.6) is 0 Å². The SMILES string of the molecule is CN(CCc1ccncc1)C(=O)C1CCC(C(=O)Nc2cccc(F)c2)CC1. The van der Waals surface area contributed by atoms with E-state index in [-0.39, 0.29) is 29.5 Å². The van der Waals surface area contributed by atoms with Crippen molar-refractivity contribution in [3.8, 4) is 0 Å². The number of nitrogens with zero attached hydrogens (tertiary/aromatic N) is 2. The highest BCUT2D eigenvalue weighted by Gasteiger charge is 2.31. The van der Waals surface area contributed by atoms with E-state index in [0.717, 1.165) is 12.0 Å². The maximum absolute atomic E-state index is 13.3.